The van der Waals surface area contributed by atoms with Crippen molar-refractivity contribution in [1.29, 1.82) is 0 Å². The lowest BCUT2D eigenvalue weighted by molar-refractivity contribution is 0.0567. The van der Waals surface area contributed by atoms with Crippen LogP contribution in [-0.4, -0.2) is 32.3 Å². The van der Waals surface area contributed by atoms with Gasteiger partial charge in [-0.1, -0.05) is 36.4 Å². The highest BCUT2D eigenvalue weighted by atomic mass is 32.2. The number of sulfonamides is 1. The van der Waals surface area contributed by atoms with Crippen molar-refractivity contribution in [1.82, 2.24) is 4.72 Å². The smallest absolute Gasteiger partial charge is 0.244 e. The van der Waals surface area contributed by atoms with Gasteiger partial charge in [-0.25, -0.2) is 13.1 Å². The van der Waals surface area contributed by atoms with Crippen LogP contribution in [0.2, 0.25) is 0 Å². The summed E-state index contributed by atoms with van der Waals surface area (Å²) in [6.45, 7) is 2.14. The highest BCUT2D eigenvalue weighted by Crippen LogP contribution is 2.30. The molecule has 0 saturated heterocycles. The monoisotopic (exact) mass is 347 g/mol. The summed E-state index contributed by atoms with van der Waals surface area (Å²) in [7, 11) is -3.76. The van der Waals surface area contributed by atoms with E-state index in [2.05, 4.69) is 4.72 Å². The highest BCUT2D eigenvalue weighted by molar-refractivity contribution is 7.89. The summed E-state index contributed by atoms with van der Waals surface area (Å²) < 4.78 is 33.1. The van der Waals surface area contributed by atoms with Gasteiger partial charge in [0.15, 0.2) is 0 Å². The summed E-state index contributed by atoms with van der Waals surface area (Å²) in [5, 5.41) is 10.7. The van der Waals surface area contributed by atoms with E-state index in [4.69, 9.17) is 4.74 Å². The molecule has 24 heavy (non-hydrogen) atoms. The van der Waals surface area contributed by atoms with Crippen LogP contribution in [0.5, 0.6) is 5.75 Å². The molecule has 0 unspecified atom stereocenters. The Labute approximate surface area is 142 Å². The van der Waals surface area contributed by atoms with Crippen molar-refractivity contribution in [2.75, 3.05) is 13.2 Å². The fraction of sp³-hybridized carbons (Fsp3) is 0.333. The molecule has 0 bridgehead atoms. The number of aliphatic hydroxyl groups is 1. The number of benzene rings is 2. The molecule has 0 radical (unpaired) electrons. The van der Waals surface area contributed by atoms with Gasteiger partial charge in [0, 0.05) is 19.4 Å². The fourth-order valence-corrected chi connectivity index (χ4v) is 4.32. The Balaban J connectivity index is 1.75. The van der Waals surface area contributed by atoms with E-state index in [1.807, 2.05) is 24.3 Å². The number of rotatable bonds is 6. The maximum atomic E-state index is 12.6. The van der Waals surface area contributed by atoms with Crippen LogP contribution in [0.1, 0.15) is 18.1 Å². The number of ether oxygens (including phenoxy) is 1. The number of hydrogen-bond acceptors (Lipinski definition) is 4. The zero-order valence-electron chi connectivity index (χ0n) is 13.5. The van der Waals surface area contributed by atoms with Crippen molar-refractivity contribution in [3.8, 4) is 5.75 Å². The summed E-state index contributed by atoms with van der Waals surface area (Å²) in [6, 6.07) is 14.3. The molecule has 0 saturated carbocycles. The first kappa shape index (κ1) is 17.0. The third-order valence-corrected chi connectivity index (χ3v) is 5.63. The molecule has 2 aromatic carbocycles. The zero-order chi connectivity index (χ0) is 17.2. The molecule has 0 aromatic heterocycles. The molecule has 0 amide bonds. The SMILES string of the molecule is CCOc1ccccc1S(=O)(=O)NCC1(O)Cc2ccccc2C1. The molecular formula is C18H21NO4S. The first-order chi connectivity index (χ1) is 11.4. The molecule has 0 fully saturated rings. The van der Waals surface area contributed by atoms with Crippen molar-refractivity contribution >= 4 is 10.0 Å². The minimum Gasteiger partial charge on any atom is -0.492 e. The molecule has 0 atom stereocenters. The molecule has 128 valence electrons. The van der Waals surface area contributed by atoms with Gasteiger partial charge in [-0.05, 0) is 30.2 Å². The van der Waals surface area contributed by atoms with E-state index < -0.39 is 15.6 Å². The van der Waals surface area contributed by atoms with Gasteiger partial charge in [0.1, 0.15) is 10.6 Å². The lowest BCUT2D eigenvalue weighted by Gasteiger charge is -2.23. The Morgan fingerprint density at radius 2 is 1.67 bits per heavy atom. The molecule has 3 rings (SSSR count). The van der Waals surface area contributed by atoms with Crippen LogP contribution < -0.4 is 9.46 Å². The molecule has 0 heterocycles. The van der Waals surface area contributed by atoms with Gasteiger partial charge in [-0.3, -0.25) is 0 Å². The first-order valence-corrected chi connectivity index (χ1v) is 9.42. The third kappa shape index (κ3) is 3.45. The van der Waals surface area contributed by atoms with Gasteiger partial charge in [0.05, 0.1) is 12.2 Å². The van der Waals surface area contributed by atoms with E-state index in [-0.39, 0.29) is 11.4 Å². The van der Waals surface area contributed by atoms with Crippen LogP contribution >= 0.6 is 0 Å². The van der Waals surface area contributed by atoms with Crippen LogP contribution in [-0.2, 0) is 22.9 Å². The molecule has 6 heteroatoms. The van der Waals surface area contributed by atoms with Crippen LogP contribution in [0.15, 0.2) is 53.4 Å². The van der Waals surface area contributed by atoms with Crippen molar-refractivity contribution in [3.05, 3.63) is 59.7 Å². The van der Waals surface area contributed by atoms with E-state index in [1.165, 1.54) is 6.07 Å². The molecule has 0 aliphatic heterocycles. The number of fused-ring (bicyclic) bond motifs is 1. The molecule has 1 aliphatic rings. The second kappa shape index (κ2) is 6.55. The summed E-state index contributed by atoms with van der Waals surface area (Å²) in [5.41, 5.74) is 1.03. The van der Waals surface area contributed by atoms with Crippen LogP contribution in [0.3, 0.4) is 0 Å². The largest absolute Gasteiger partial charge is 0.492 e. The summed E-state index contributed by atoms with van der Waals surface area (Å²) in [4.78, 5) is 0.0889. The van der Waals surface area contributed by atoms with Crippen molar-refractivity contribution in [2.45, 2.75) is 30.3 Å². The van der Waals surface area contributed by atoms with Crippen LogP contribution in [0.4, 0.5) is 0 Å². The quantitative estimate of drug-likeness (QED) is 0.837. The average molecular weight is 347 g/mol. The Kier molecular flexibility index (Phi) is 4.62. The Morgan fingerprint density at radius 3 is 2.29 bits per heavy atom. The normalized spacial score (nSPS) is 15.9. The van der Waals surface area contributed by atoms with Crippen LogP contribution in [0, 0.1) is 0 Å². The zero-order valence-corrected chi connectivity index (χ0v) is 14.3. The first-order valence-electron chi connectivity index (χ1n) is 7.94. The number of para-hydroxylation sites is 1. The minimum absolute atomic E-state index is 0.0372. The Morgan fingerprint density at radius 1 is 1.08 bits per heavy atom. The summed E-state index contributed by atoms with van der Waals surface area (Å²) in [5.74, 6) is 0.314. The molecule has 2 N–H and O–H groups in total. The van der Waals surface area contributed by atoms with Crippen molar-refractivity contribution in [2.24, 2.45) is 0 Å². The summed E-state index contributed by atoms with van der Waals surface area (Å²) in [6.07, 6.45) is 0.887. The van der Waals surface area contributed by atoms with E-state index >= 15 is 0 Å². The maximum Gasteiger partial charge on any atom is 0.244 e. The number of hydrogen-bond donors (Lipinski definition) is 2. The predicted molar refractivity (Wildman–Crippen MR) is 91.6 cm³/mol. The van der Waals surface area contributed by atoms with Gasteiger partial charge in [-0.15, -0.1) is 0 Å². The highest BCUT2D eigenvalue weighted by Gasteiger charge is 2.36. The molecule has 5 nitrogen and oxygen atoms in total. The summed E-state index contributed by atoms with van der Waals surface area (Å²) >= 11 is 0. The predicted octanol–water partition coefficient (Wildman–Crippen LogP) is 1.89. The lowest BCUT2D eigenvalue weighted by Crippen LogP contribution is -2.43. The van der Waals surface area contributed by atoms with Gasteiger partial charge in [0.2, 0.25) is 10.0 Å². The second-order valence-corrected chi connectivity index (χ2v) is 7.79. The van der Waals surface area contributed by atoms with Crippen molar-refractivity contribution < 1.29 is 18.3 Å². The van der Waals surface area contributed by atoms with Gasteiger partial charge >= 0.3 is 0 Å². The topological polar surface area (TPSA) is 75.6 Å². The minimum atomic E-state index is -3.76. The van der Waals surface area contributed by atoms with Gasteiger partial charge in [0.25, 0.3) is 0 Å². The second-order valence-electron chi connectivity index (χ2n) is 6.05. The van der Waals surface area contributed by atoms with Gasteiger partial charge < -0.3 is 9.84 Å². The fourth-order valence-electron chi connectivity index (χ4n) is 3.05. The molecule has 2 aromatic rings. The molecular weight excluding hydrogens is 326 g/mol. The van der Waals surface area contributed by atoms with E-state index in [1.54, 1.807) is 25.1 Å². The third-order valence-electron chi connectivity index (χ3n) is 4.19. The molecule has 0 spiro atoms. The Hall–Kier alpha value is -1.89. The molecule has 1 aliphatic carbocycles. The van der Waals surface area contributed by atoms with E-state index in [9.17, 15) is 13.5 Å². The Bertz CT molecular complexity index is 807. The maximum absolute atomic E-state index is 12.6. The van der Waals surface area contributed by atoms with E-state index in [0.717, 1.165) is 11.1 Å². The average Bonchev–Trinajstić information content (AvgIpc) is 2.91. The van der Waals surface area contributed by atoms with E-state index in [0.29, 0.717) is 25.2 Å². The standard InChI is InChI=1S/C18H21NO4S/c1-2-23-16-9-5-6-10-17(16)24(21,22)19-13-18(20)11-14-7-3-4-8-15(14)12-18/h3-10,19-20H,2,11-13H2,1H3. The van der Waals surface area contributed by atoms with Crippen molar-refractivity contribution in [3.63, 3.8) is 0 Å². The van der Waals surface area contributed by atoms with Crippen LogP contribution in [0.25, 0.3) is 0 Å². The van der Waals surface area contributed by atoms with Gasteiger partial charge in [-0.2, -0.15) is 0 Å². The lowest BCUT2D eigenvalue weighted by atomic mass is 10.0. The number of nitrogens with one attached hydrogen (secondary N) is 1.